The third-order valence-electron chi connectivity index (χ3n) is 4.53. The highest BCUT2D eigenvalue weighted by atomic mass is 79.9. The Kier molecular flexibility index (Phi) is 4.03. The summed E-state index contributed by atoms with van der Waals surface area (Å²) in [6.07, 6.45) is 1.99. The van der Waals surface area contributed by atoms with Crippen molar-refractivity contribution in [1.29, 1.82) is 0 Å². The van der Waals surface area contributed by atoms with Gasteiger partial charge in [-0.25, -0.2) is 9.78 Å². The number of aromatic nitrogens is 4. The van der Waals surface area contributed by atoms with Gasteiger partial charge < -0.3 is 9.40 Å². The first-order valence-electron chi connectivity index (χ1n) is 8.05. The molecule has 4 rings (SSSR count). The molecule has 0 saturated carbocycles. The minimum absolute atomic E-state index is 0.201. The molecule has 0 spiro atoms. The van der Waals surface area contributed by atoms with Crippen molar-refractivity contribution >= 4 is 32.8 Å². The zero-order valence-electron chi connectivity index (χ0n) is 14.2. The van der Waals surface area contributed by atoms with Crippen LogP contribution in [0.5, 0.6) is 0 Å². The van der Waals surface area contributed by atoms with Crippen LogP contribution in [0.25, 0.3) is 11.2 Å². The fourth-order valence-electron chi connectivity index (χ4n) is 3.09. The lowest BCUT2D eigenvalue weighted by atomic mass is 10.1. The first-order chi connectivity index (χ1) is 12.5. The topological polar surface area (TPSA) is 83.4 Å². The van der Waals surface area contributed by atoms with Crippen molar-refractivity contribution in [3.8, 4) is 0 Å². The van der Waals surface area contributed by atoms with Crippen LogP contribution >= 0.6 is 15.9 Å². The molecule has 3 heterocycles. The van der Waals surface area contributed by atoms with Crippen LogP contribution in [0.3, 0.4) is 0 Å². The third kappa shape index (κ3) is 2.68. The SMILES string of the molecule is Cn1c(=O)c2c(ncn2CC2CC(c3ccc(Br)cc3)=NO2)n(C)c1=O. The average Bonchev–Trinajstić information content (AvgIpc) is 3.26. The Morgan fingerprint density at radius 2 is 1.92 bits per heavy atom. The van der Waals surface area contributed by atoms with E-state index in [4.69, 9.17) is 4.84 Å². The highest BCUT2D eigenvalue weighted by Gasteiger charge is 2.24. The van der Waals surface area contributed by atoms with Crippen molar-refractivity contribution in [2.24, 2.45) is 19.3 Å². The number of nitrogens with zero attached hydrogens (tertiary/aromatic N) is 5. The number of aryl methyl sites for hydroxylation is 1. The van der Waals surface area contributed by atoms with Crippen LogP contribution in [-0.4, -0.2) is 30.5 Å². The lowest BCUT2D eigenvalue weighted by molar-refractivity contribution is 0.0733. The van der Waals surface area contributed by atoms with Crippen LogP contribution in [0.15, 0.2) is 49.8 Å². The van der Waals surface area contributed by atoms with E-state index in [1.165, 1.54) is 11.6 Å². The lowest BCUT2D eigenvalue weighted by Gasteiger charge is -2.10. The molecular weight excluding hydrogens is 402 g/mol. The quantitative estimate of drug-likeness (QED) is 0.644. The maximum absolute atomic E-state index is 12.5. The van der Waals surface area contributed by atoms with Gasteiger partial charge in [-0.2, -0.15) is 0 Å². The van der Waals surface area contributed by atoms with Crippen molar-refractivity contribution in [3.63, 3.8) is 0 Å². The summed E-state index contributed by atoms with van der Waals surface area (Å²) >= 11 is 3.41. The number of hydrogen-bond acceptors (Lipinski definition) is 5. The van der Waals surface area contributed by atoms with Crippen LogP contribution in [0.4, 0.5) is 0 Å². The molecule has 2 aromatic heterocycles. The summed E-state index contributed by atoms with van der Waals surface area (Å²) in [5, 5.41) is 4.18. The molecule has 0 aliphatic carbocycles. The highest BCUT2D eigenvalue weighted by molar-refractivity contribution is 9.10. The summed E-state index contributed by atoms with van der Waals surface area (Å²) in [7, 11) is 3.06. The van der Waals surface area contributed by atoms with Gasteiger partial charge in [0.25, 0.3) is 5.56 Å². The molecule has 26 heavy (non-hydrogen) atoms. The van der Waals surface area contributed by atoms with E-state index in [1.54, 1.807) is 17.9 Å². The summed E-state index contributed by atoms with van der Waals surface area (Å²) in [5.74, 6) is 0. The smallest absolute Gasteiger partial charge is 0.332 e. The van der Waals surface area contributed by atoms with Crippen LogP contribution in [0.1, 0.15) is 12.0 Å². The molecule has 0 fully saturated rings. The second-order valence-electron chi connectivity index (χ2n) is 6.25. The summed E-state index contributed by atoms with van der Waals surface area (Å²) in [6, 6.07) is 7.87. The van der Waals surface area contributed by atoms with E-state index in [-0.39, 0.29) is 11.7 Å². The maximum Gasteiger partial charge on any atom is 0.332 e. The van der Waals surface area contributed by atoms with Gasteiger partial charge in [-0.05, 0) is 17.7 Å². The summed E-state index contributed by atoms with van der Waals surface area (Å²) < 4.78 is 5.18. The summed E-state index contributed by atoms with van der Waals surface area (Å²) in [5.41, 5.74) is 1.86. The first kappa shape index (κ1) is 16.8. The van der Waals surface area contributed by atoms with Crippen LogP contribution in [-0.2, 0) is 25.5 Å². The molecule has 1 aliphatic heterocycles. The monoisotopic (exact) mass is 417 g/mol. The summed E-state index contributed by atoms with van der Waals surface area (Å²) in [6.45, 7) is 0.424. The molecule has 9 heteroatoms. The van der Waals surface area contributed by atoms with Crippen LogP contribution < -0.4 is 11.2 Å². The number of fused-ring (bicyclic) bond motifs is 1. The zero-order chi connectivity index (χ0) is 18.4. The van der Waals surface area contributed by atoms with Gasteiger partial charge in [0, 0.05) is 25.0 Å². The Morgan fingerprint density at radius 3 is 2.65 bits per heavy atom. The van der Waals surface area contributed by atoms with Gasteiger partial charge in [0.2, 0.25) is 0 Å². The number of benzene rings is 1. The molecule has 0 saturated heterocycles. The van der Waals surface area contributed by atoms with E-state index < -0.39 is 5.69 Å². The Balaban J connectivity index is 1.61. The lowest BCUT2D eigenvalue weighted by Crippen LogP contribution is -2.37. The molecule has 0 bridgehead atoms. The minimum Gasteiger partial charge on any atom is -0.390 e. The Morgan fingerprint density at radius 1 is 1.19 bits per heavy atom. The standard InChI is InChI=1S/C17H16BrN5O3/c1-21-15-14(16(24)22(2)17(21)25)23(9-19-15)8-12-7-13(20-26-12)10-3-5-11(18)6-4-10/h3-6,9,12H,7-8H2,1-2H3. The molecular formula is C17H16BrN5O3. The van der Waals surface area contributed by atoms with Gasteiger partial charge in [-0.15, -0.1) is 0 Å². The number of halogens is 1. The zero-order valence-corrected chi connectivity index (χ0v) is 15.8. The highest BCUT2D eigenvalue weighted by Crippen LogP contribution is 2.20. The predicted octanol–water partition coefficient (Wildman–Crippen LogP) is 1.39. The number of imidazole rings is 1. The first-order valence-corrected chi connectivity index (χ1v) is 8.84. The van der Waals surface area contributed by atoms with Gasteiger partial charge in [0.05, 0.1) is 18.6 Å². The Hall–Kier alpha value is -2.68. The molecule has 1 aliphatic rings. The van der Waals surface area contributed by atoms with Crippen molar-refractivity contribution in [1.82, 2.24) is 18.7 Å². The van der Waals surface area contributed by atoms with E-state index in [1.807, 2.05) is 24.3 Å². The molecule has 0 N–H and O–H groups in total. The van der Waals surface area contributed by atoms with Gasteiger partial charge in [0.1, 0.15) is 0 Å². The van der Waals surface area contributed by atoms with Gasteiger partial charge in [0.15, 0.2) is 17.3 Å². The van der Waals surface area contributed by atoms with Gasteiger partial charge >= 0.3 is 5.69 Å². The second kappa shape index (κ2) is 6.24. The van der Waals surface area contributed by atoms with E-state index in [9.17, 15) is 9.59 Å². The van der Waals surface area contributed by atoms with Gasteiger partial charge in [-0.3, -0.25) is 13.9 Å². The average molecular weight is 418 g/mol. The number of hydrogen-bond donors (Lipinski definition) is 0. The maximum atomic E-state index is 12.5. The number of oxime groups is 1. The van der Waals surface area contributed by atoms with Crippen molar-refractivity contribution in [3.05, 3.63) is 61.5 Å². The van der Waals surface area contributed by atoms with E-state index in [2.05, 4.69) is 26.1 Å². The molecule has 1 unspecified atom stereocenters. The second-order valence-corrected chi connectivity index (χ2v) is 7.17. The molecule has 0 radical (unpaired) electrons. The molecule has 8 nitrogen and oxygen atoms in total. The molecule has 1 atom stereocenters. The normalized spacial score (nSPS) is 16.7. The van der Waals surface area contributed by atoms with Crippen LogP contribution in [0.2, 0.25) is 0 Å². The van der Waals surface area contributed by atoms with Gasteiger partial charge in [-0.1, -0.05) is 33.2 Å². The Labute approximate surface area is 156 Å². The summed E-state index contributed by atoms with van der Waals surface area (Å²) in [4.78, 5) is 34.3. The largest absolute Gasteiger partial charge is 0.390 e. The molecule has 1 aromatic carbocycles. The van der Waals surface area contributed by atoms with E-state index >= 15 is 0 Å². The van der Waals surface area contributed by atoms with Crippen molar-refractivity contribution in [2.75, 3.05) is 0 Å². The fraction of sp³-hybridized carbons (Fsp3) is 0.294. The third-order valence-corrected chi connectivity index (χ3v) is 5.06. The Bertz CT molecular complexity index is 1140. The molecule has 3 aromatic rings. The van der Waals surface area contributed by atoms with Crippen molar-refractivity contribution in [2.45, 2.75) is 19.1 Å². The predicted molar refractivity (Wildman–Crippen MR) is 100 cm³/mol. The van der Waals surface area contributed by atoms with E-state index in [0.29, 0.717) is 24.1 Å². The molecule has 0 amide bonds. The van der Waals surface area contributed by atoms with Crippen LogP contribution in [0, 0.1) is 0 Å². The molecule has 134 valence electrons. The number of rotatable bonds is 3. The van der Waals surface area contributed by atoms with E-state index in [0.717, 1.165) is 20.3 Å². The van der Waals surface area contributed by atoms with Crippen molar-refractivity contribution < 1.29 is 4.84 Å². The fourth-order valence-corrected chi connectivity index (χ4v) is 3.36. The minimum atomic E-state index is -0.397.